The number of rotatable bonds is 9. The second-order valence-electron chi connectivity index (χ2n) is 8.67. The van der Waals surface area contributed by atoms with Gasteiger partial charge in [0.1, 0.15) is 18.4 Å². The molecule has 4 rings (SSSR count). The van der Waals surface area contributed by atoms with E-state index in [1.807, 2.05) is 0 Å². The molecule has 0 spiro atoms. The van der Waals surface area contributed by atoms with Crippen LogP contribution in [0.3, 0.4) is 0 Å². The largest absolute Gasteiger partial charge is 0.510 e. The van der Waals surface area contributed by atoms with Crippen molar-refractivity contribution in [1.29, 1.82) is 0 Å². The molecule has 1 N–H and O–H groups in total. The van der Waals surface area contributed by atoms with E-state index in [2.05, 4.69) is 0 Å². The van der Waals surface area contributed by atoms with E-state index in [1.165, 1.54) is 0 Å². The minimum Gasteiger partial charge on any atom is -0.510 e. The third-order valence-corrected chi connectivity index (χ3v) is 6.58. The van der Waals surface area contributed by atoms with E-state index in [4.69, 9.17) is 8.92 Å². The number of non-ortho nitro benzene ring substituents is 1. The zero-order valence-corrected chi connectivity index (χ0v) is 21.3. The highest BCUT2D eigenvalue weighted by Gasteiger charge is 2.59. The number of hydrogen-bond donors (Lipinski definition) is 1. The number of aliphatic hydroxyl groups is 1. The first-order valence-electron chi connectivity index (χ1n) is 11.3. The number of fused-ring (bicyclic) bond motifs is 1. The lowest BCUT2D eigenvalue weighted by molar-refractivity contribution is -0.384. The Balaban J connectivity index is 1.65. The molecular weight excluding hydrogens is 538 g/mol. The number of aliphatic hydroxyl groups excluding tert-OH is 1. The van der Waals surface area contributed by atoms with Crippen LogP contribution in [-0.2, 0) is 35.2 Å². The third kappa shape index (κ3) is 5.21. The Kier molecular flexibility index (Phi) is 7.21. The van der Waals surface area contributed by atoms with Gasteiger partial charge < -0.3 is 9.84 Å². The van der Waals surface area contributed by atoms with Crippen molar-refractivity contribution in [1.82, 2.24) is 9.80 Å². The molecule has 1 saturated heterocycles. The molecule has 2 aliphatic rings. The number of nitro benzene ring substituents is 1. The van der Waals surface area contributed by atoms with Gasteiger partial charge in [-0.1, -0.05) is 30.3 Å². The van der Waals surface area contributed by atoms with Crippen LogP contribution in [0.25, 0.3) is 0 Å². The quantitative estimate of drug-likeness (QED) is 0.0680. The number of esters is 1. The Morgan fingerprint density at radius 3 is 2.31 bits per heavy atom. The number of carbonyl (C=O) groups excluding carboxylic acids is 4. The van der Waals surface area contributed by atoms with Gasteiger partial charge in [-0.25, -0.2) is 4.79 Å². The summed E-state index contributed by atoms with van der Waals surface area (Å²) in [6.07, 6.45) is 0.732. The fourth-order valence-corrected chi connectivity index (χ4v) is 4.66. The van der Waals surface area contributed by atoms with Crippen molar-refractivity contribution in [3.63, 3.8) is 0 Å². The maximum atomic E-state index is 13.3. The SMILES string of the molecule is CC(O)=C(C(=O)OCc1ccccc1)N1C(=O)[C@@H](N2C(=O)c3ccc([N+](=O)[O-])cc3C2=O)[C@H]1COS(C)(=O)=O. The van der Waals surface area contributed by atoms with Gasteiger partial charge in [0.15, 0.2) is 5.70 Å². The first-order chi connectivity index (χ1) is 18.3. The zero-order chi connectivity index (χ0) is 28.6. The average Bonchev–Trinajstić information content (AvgIpc) is 3.12. The summed E-state index contributed by atoms with van der Waals surface area (Å²) >= 11 is 0. The number of benzene rings is 2. The fraction of sp³-hybridized carbons (Fsp3) is 0.250. The molecule has 1 fully saturated rings. The predicted octanol–water partition coefficient (Wildman–Crippen LogP) is 1.28. The summed E-state index contributed by atoms with van der Waals surface area (Å²) in [5.41, 5.74) is -1.01. The molecule has 39 heavy (non-hydrogen) atoms. The summed E-state index contributed by atoms with van der Waals surface area (Å²) in [6.45, 7) is 0.0878. The van der Waals surface area contributed by atoms with Crippen LogP contribution in [0.1, 0.15) is 33.2 Å². The Morgan fingerprint density at radius 1 is 1.08 bits per heavy atom. The first-order valence-corrected chi connectivity index (χ1v) is 13.1. The number of β-lactam (4-membered cyclic amide) rings is 1. The van der Waals surface area contributed by atoms with Gasteiger partial charge >= 0.3 is 5.97 Å². The number of nitrogens with zero attached hydrogens (tertiary/aromatic N) is 3. The summed E-state index contributed by atoms with van der Waals surface area (Å²) in [7, 11) is -4.09. The Hall–Kier alpha value is -4.63. The van der Waals surface area contributed by atoms with Crippen molar-refractivity contribution in [3.05, 3.63) is 86.8 Å². The summed E-state index contributed by atoms with van der Waals surface area (Å²) in [5.74, 6) is -4.78. The molecule has 2 aromatic carbocycles. The predicted molar refractivity (Wildman–Crippen MR) is 130 cm³/mol. The van der Waals surface area contributed by atoms with Crippen molar-refractivity contribution in [3.8, 4) is 0 Å². The second kappa shape index (κ2) is 10.3. The van der Waals surface area contributed by atoms with Crippen molar-refractivity contribution in [2.75, 3.05) is 12.9 Å². The van der Waals surface area contributed by atoms with Crippen molar-refractivity contribution < 1.29 is 46.5 Å². The number of nitro groups is 1. The lowest BCUT2D eigenvalue weighted by Gasteiger charge is -2.49. The molecule has 3 amide bonds. The molecule has 2 aromatic rings. The minimum atomic E-state index is -4.09. The van der Waals surface area contributed by atoms with Crippen molar-refractivity contribution in [2.24, 2.45) is 0 Å². The van der Waals surface area contributed by atoms with Gasteiger partial charge in [0.05, 0.1) is 35.0 Å². The van der Waals surface area contributed by atoms with Crippen LogP contribution < -0.4 is 0 Å². The van der Waals surface area contributed by atoms with E-state index < -0.39 is 74.6 Å². The molecule has 2 atom stereocenters. The maximum Gasteiger partial charge on any atom is 0.358 e. The topological polar surface area (TPSA) is 191 Å². The molecule has 14 nitrogen and oxygen atoms in total. The van der Waals surface area contributed by atoms with Gasteiger partial charge in [-0.05, 0) is 18.6 Å². The number of hydrogen-bond acceptors (Lipinski definition) is 11. The summed E-state index contributed by atoms with van der Waals surface area (Å²) in [6, 6.07) is 8.41. The smallest absolute Gasteiger partial charge is 0.358 e. The van der Waals surface area contributed by atoms with Gasteiger partial charge in [0.25, 0.3) is 33.5 Å². The third-order valence-electron chi connectivity index (χ3n) is 6.02. The maximum absolute atomic E-state index is 13.3. The lowest BCUT2D eigenvalue weighted by Crippen LogP contribution is -2.73. The van der Waals surface area contributed by atoms with Crippen LogP contribution in [0.5, 0.6) is 0 Å². The summed E-state index contributed by atoms with van der Waals surface area (Å²) < 4.78 is 33.5. The highest BCUT2D eigenvalue weighted by Crippen LogP contribution is 2.37. The number of imide groups is 1. The molecule has 204 valence electrons. The fourth-order valence-electron chi connectivity index (χ4n) is 4.27. The van der Waals surface area contributed by atoms with Crippen LogP contribution >= 0.6 is 0 Å². The molecule has 0 bridgehead atoms. The van der Waals surface area contributed by atoms with Gasteiger partial charge in [-0.3, -0.25) is 38.5 Å². The first kappa shape index (κ1) is 27.4. The number of amides is 3. The van der Waals surface area contributed by atoms with E-state index in [9.17, 15) is 42.8 Å². The molecule has 15 heteroatoms. The minimum absolute atomic E-state index is 0.198. The molecule has 2 aliphatic heterocycles. The molecule has 0 aliphatic carbocycles. The van der Waals surface area contributed by atoms with Gasteiger partial charge in [-0.15, -0.1) is 0 Å². The van der Waals surface area contributed by atoms with Crippen LogP contribution in [0.4, 0.5) is 5.69 Å². The van der Waals surface area contributed by atoms with E-state index >= 15 is 0 Å². The highest BCUT2D eigenvalue weighted by molar-refractivity contribution is 7.85. The standard InChI is InChI=1S/C24H21N3O11S/c1-13(28)19(24(32)37-11-14-6-4-3-5-7-14)25-18(12-38-39(2,35)36)20(23(25)31)26-21(29)16-9-8-15(27(33)34)10-17(16)22(26)30/h3-10,18,20,28H,11-12H2,1-2H3/t18-,20+/m1/s1. The number of ether oxygens (including phenoxy) is 1. The Labute approximate surface area is 221 Å². The molecular formula is C24H21N3O11S. The molecule has 0 unspecified atom stereocenters. The van der Waals surface area contributed by atoms with Crippen LogP contribution in [0.2, 0.25) is 0 Å². The van der Waals surface area contributed by atoms with E-state index in [-0.39, 0.29) is 17.7 Å². The molecule has 0 saturated carbocycles. The molecule has 0 aromatic heterocycles. The Morgan fingerprint density at radius 2 is 1.72 bits per heavy atom. The van der Waals surface area contributed by atoms with Gasteiger partial charge in [0, 0.05) is 12.1 Å². The van der Waals surface area contributed by atoms with Crippen LogP contribution in [0.15, 0.2) is 60.0 Å². The Bertz CT molecular complexity index is 1530. The van der Waals surface area contributed by atoms with Crippen LogP contribution in [-0.4, -0.2) is 76.9 Å². The number of likely N-dealkylation sites (tertiary alicyclic amines) is 1. The highest BCUT2D eigenvalue weighted by atomic mass is 32.2. The van der Waals surface area contributed by atoms with E-state index in [1.54, 1.807) is 30.3 Å². The van der Waals surface area contributed by atoms with Gasteiger partial charge in [-0.2, -0.15) is 8.42 Å². The van der Waals surface area contributed by atoms with E-state index in [0.717, 1.165) is 31.4 Å². The summed E-state index contributed by atoms with van der Waals surface area (Å²) in [4.78, 5) is 64.0. The second-order valence-corrected chi connectivity index (χ2v) is 10.3. The van der Waals surface area contributed by atoms with Crippen molar-refractivity contribution >= 4 is 39.5 Å². The van der Waals surface area contributed by atoms with E-state index in [0.29, 0.717) is 15.4 Å². The zero-order valence-electron chi connectivity index (χ0n) is 20.5. The normalized spacial score (nSPS) is 19.4. The summed E-state index contributed by atoms with van der Waals surface area (Å²) in [5, 5.41) is 21.4. The number of allylic oxidation sites excluding steroid dienone is 1. The van der Waals surface area contributed by atoms with Crippen molar-refractivity contribution in [2.45, 2.75) is 25.6 Å². The molecule has 0 radical (unpaired) electrons. The van der Waals surface area contributed by atoms with Gasteiger partial charge in [0.2, 0.25) is 0 Å². The van der Waals surface area contributed by atoms with Crippen LogP contribution in [0, 0.1) is 10.1 Å². The number of carbonyl (C=O) groups is 4. The monoisotopic (exact) mass is 559 g/mol. The average molecular weight is 560 g/mol. The lowest BCUT2D eigenvalue weighted by atomic mass is 9.92. The molecule has 2 heterocycles.